The molecular weight excluding hydrogens is 350 g/mol. The fourth-order valence-electron chi connectivity index (χ4n) is 3.28. The molecule has 134 valence electrons. The highest BCUT2D eigenvalue weighted by atomic mass is 35.5. The van der Waals surface area contributed by atoms with Gasteiger partial charge in [0.1, 0.15) is 0 Å². The van der Waals surface area contributed by atoms with Gasteiger partial charge in [0.05, 0.1) is 10.9 Å². The number of amides is 1. The smallest absolute Gasteiger partial charge is 0.244 e. The predicted molar refractivity (Wildman–Crippen MR) is 96.3 cm³/mol. The number of rotatable bonds is 4. The summed E-state index contributed by atoms with van der Waals surface area (Å²) in [6.45, 7) is 3.58. The standard InChI is InChI=1S/C16H23N3O3S.ClH/c1-2-18-23(21,22)13-7-6-12-8-10-19(15(12)11-13)16(20)14-5-3-4-9-17-14;/h6-7,11,14,17-18H,2-5,8-10H2,1H3;1H. The van der Waals surface area contributed by atoms with Crippen molar-refractivity contribution >= 4 is 34.0 Å². The van der Waals surface area contributed by atoms with Gasteiger partial charge in [-0.2, -0.15) is 0 Å². The Bertz CT molecular complexity index is 703. The lowest BCUT2D eigenvalue weighted by Crippen LogP contribution is -2.48. The molecule has 1 aromatic rings. The number of anilines is 1. The summed E-state index contributed by atoms with van der Waals surface area (Å²) in [6.07, 6.45) is 3.78. The van der Waals surface area contributed by atoms with Gasteiger partial charge in [0, 0.05) is 18.8 Å². The third-order valence-electron chi connectivity index (χ3n) is 4.47. The molecule has 1 atom stereocenters. The van der Waals surface area contributed by atoms with E-state index in [-0.39, 0.29) is 29.3 Å². The lowest BCUT2D eigenvalue weighted by atomic mass is 10.0. The van der Waals surface area contributed by atoms with Crippen LogP contribution in [0.4, 0.5) is 5.69 Å². The molecule has 1 saturated heterocycles. The van der Waals surface area contributed by atoms with Crippen LogP contribution in [0, 0.1) is 0 Å². The second-order valence-corrected chi connectivity index (χ2v) is 7.80. The molecule has 0 bridgehead atoms. The van der Waals surface area contributed by atoms with Gasteiger partial charge in [0.15, 0.2) is 0 Å². The number of piperidine rings is 1. The molecule has 1 amide bonds. The lowest BCUT2D eigenvalue weighted by Gasteiger charge is -2.27. The molecule has 0 radical (unpaired) electrons. The third kappa shape index (κ3) is 3.74. The molecule has 1 unspecified atom stereocenters. The maximum atomic E-state index is 12.7. The molecule has 2 aliphatic rings. The highest BCUT2D eigenvalue weighted by Crippen LogP contribution is 2.31. The van der Waals surface area contributed by atoms with E-state index in [1.165, 1.54) is 0 Å². The predicted octanol–water partition coefficient (Wildman–Crippen LogP) is 1.44. The van der Waals surface area contributed by atoms with Crippen LogP contribution in [0.5, 0.6) is 0 Å². The zero-order valence-corrected chi connectivity index (χ0v) is 15.4. The van der Waals surface area contributed by atoms with E-state index in [1.807, 2.05) is 6.07 Å². The van der Waals surface area contributed by atoms with Crippen LogP contribution in [0.3, 0.4) is 0 Å². The van der Waals surface area contributed by atoms with Crippen LogP contribution in [0.2, 0.25) is 0 Å². The summed E-state index contributed by atoms with van der Waals surface area (Å²) in [5.41, 5.74) is 1.77. The van der Waals surface area contributed by atoms with Gasteiger partial charge in [-0.25, -0.2) is 13.1 Å². The molecule has 2 heterocycles. The minimum Gasteiger partial charge on any atom is -0.310 e. The van der Waals surface area contributed by atoms with Crippen molar-refractivity contribution < 1.29 is 13.2 Å². The molecule has 0 saturated carbocycles. The van der Waals surface area contributed by atoms with E-state index in [0.29, 0.717) is 13.1 Å². The van der Waals surface area contributed by atoms with Crippen molar-refractivity contribution in [2.45, 2.75) is 43.5 Å². The van der Waals surface area contributed by atoms with E-state index < -0.39 is 10.0 Å². The molecule has 0 spiro atoms. The van der Waals surface area contributed by atoms with Gasteiger partial charge in [0.25, 0.3) is 0 Å². The van der Waals surface area contributed by atoms with Crippen molar-refractivity contribution in [1.82, 2.24) is 10.0 Å². The van der Waals surface area contributed by atoms with Crippen molar-refractivity contribution in [1.29, 1.82) is 0 Å². The van der Waals surface area contributed by atoms with Crippen molar-refractivity contribution in [3.05, 3.63) is 23.8 Å². The van der Waals surface area contributed by atoms with Crippen molar-refractivity contribution in [3.63, 3.8) is 0 Å². The number of hydrogen-bond donors (Lipinski definition) is 2. The molecule has 8 heteroatoms. The normalized spacial score (nSPS) is 20.4. The van der Waals surface area contributed by atoms with Crippen molar-refractivity contribution in [3.8, 4) is 0 Å². The Morgan fingerprint density at radius 2 is 2.17 bits per heavy atom. The minimum absolute atomic E-state index is 0. The van der Waals surface area contributed by atoms with Crippen LogP contribution in [0.1, 0.15) is 31.7 Å². The summed E-state index contributed by atoms with van der Waals surface area (Å²) in [4.78, 5) is 14.7. The highest BCUT2D eigenvalue weighted by Gasteiger charge is 2.31. The summed E-state index contributed by atoms with van der Waals surface area (Å²) in [6, 6.07) is 4.91. The van der Waals surface area contributed by atoms with E-state index in [0.717, 1.165) is 43.5 Å². The zero-order chi connectivity index (χ0) is 16.4. The maximum Gasteiger partial charge on any atom is 0.244 e. The van der Waals surface area contributed by atoms with E-state index in [2.05, 4.69) is 10.0 Å². The van der Waals surface area contributed by atoms with Crippen LogP contribution >= 0.6 is 12.4 Å². The van der Waals surface area contributed by atoms with Crippen molar-refractivity contribution in [2.24, 2.45) is 0 Å². The van der Waals surface area contributed by atoms with E-state index >= 15 is 0 Å². The number of nitrogens with zero attached hydrogens (tertiary/aromatic N) is 1. The molecule has 2 N–H and O–H groups in total. The Hall–Kier alpha value is -1.15. The van der Waals surface area contributed by atoms with Gasteiger partial charge < -0.3 is 10.2 Å². The SMILES string of the molecule is CCNS(=O)(=O)c1ccc2c(c1)N(C(=O)C1CCCCN1)CC2.Cl. The Morgan fingerprint density at radius 1 is 1.38 bits per heavy atom. The van der Waals surface area contributed by atoms with Crippen LogP contribution < -0.4 is 14.9 Å². The quantitative estimate of drug-likeness (QED) is 0.837. The van der Waals surface area contributed by atoms with Gasteiger partial charge in [-0.1, -0.05) is 19.4 Å². The lowest BCUT2D eigenvalue weighted by molar-refractivity contribution is -0.121. The monoisotopic (exact) mass is 373 g/mol. The van der Waals surface area contributed by atoms with Gasteiger partial charge in [0.2, 0.25) is 15.9 Å². The first-order valence-electron chi connectivity index (χ1n) is 8.20. The Balaban J connectivity index is 0.00000208. The summed E-state index contributed by atoms with van der Waals surface area (Å²) in [5, 5.41) is 3.27. The summed E-state index contributed by atoms with van der Waals surface area (Å²) in [5.74, 6) is 0.0569. The van der Waals surface area contributed by atoms with Gasteiger partial charge >= 0.3 is 0 Å². The number of benzene rings is 1. The zero-order valence-electron chi connectivity index (χ0n) is 13.7. The van der Waals surface area contributed by atoms with E-state index in [9.17, 15) is 13.2 Å². The number of nitrogens with one attached hydrogen (secondary N) is 2. The Labute approximate surface area is 149 Å². The molecule has 0 aliphatic carbocycles. The number of hydrogen-bond acceptors (Lipinski definition) is 4. The van der Waals surface area contributed by atoms with Crippen LogP contribution in [-0.4, -0.2) is 40.0 Å². The van der Waals surface area contributed by atoms with Gasteiger partial charge in [-0.05, 0) is 43.5 Å². The number of carbonyl (C=O) groups excluding carboxylic acids is 1. The molecule has 1 aromatic carbocycles. The summed E-state index contributed by atoms with van der Waals surface area (Å²) < 4.78 is 26.9. The fourth-order valence-corrected chi connectivity index (χ4v) is 4.34. The molecule has 2 aliphatic heterocycles. The average Bonchev–Trinajstić information content (AvgIpc) is 2.98. The summed E-state index contributed by atoms with van der Waals surface area (Å²) in [7, 11) is -3.51. The molecule has 0 aromatic heterocycles. The van der Waals surface area contributed by atoms with Crippen LogP contribution in [-0.2, 0) is 21.2 Å². The van der Waals surface area contributed by atoms with E-state index in [1.54, 1.807) is 24.0 Å². The van der Waals surface area contributed by atoms with E-state index in [4.69, 9.17) is 0 Å². The first-order valence-corrected chi connectivity index (χ1v) is 9.68. The Morgan fingerprint density at radius 3 is 2.83 bits per heavy atom. The molecule has 24 heavy (non-hydrogen) atoms. The topological polar surface area (TPSA) is 78.5 Å². The van der Waals surface area contributed by atoms with Crippen LogP contribution in [0.15, 0.2) is 23.1 Å². The molecular formula is C16H24ClN3O3S. The average molecular weight is 374 g/mol. The fraction of sp³-hybridized carbons (Fsp3) is 0.562. The van der Waals surface area contributed by atoms with Crippen molar-refractivity contribution in [2.75, 3.05) is 24.5 Å². The molecule has 1 fully saturated rings. The Kier molecular flexibility index (Phi) is 6.25. The second-order valence-electron chi connectivity index (χ2n) is 6.03. The summed E-state index contributed by atoms with van der Waals surface area (Å²) >= 11 is 0. The number of sulfonamides is 1. The minimum atomic E-state index is -3.51. The highest BCUT2D eigenvalue weighted by molar-refractivity contribution is 7.89. The van der Waals surface area contributed by atoms with Gasteiger partial charge in [-0.3, -0.25) is 4.79 Å². The number of fused-ring (bicyclic) bond motifs is 1. The van der Waals surface area contributed by atoms with Crippen LogP contribution in [0.25, 0.3) is 0 Å². The maximum absolute atomic E-state index is 12.7. The molecule has 3 rings (SSSR count). The van der Waals surface area contributed by atoms with Gasteiger partial charge in [-0.15, -0.1) is 12.4 Å². The first kappa shape index (κ1) is 19.2. The largest absolute Gasteiger partial charge is 0.310 e. The molecule has 6 nitrogen and oxygen atoms in total. The number of carbonyl (C=O) groups is 1. The third-order valence-corrected chi connectivity index (χ3v) is 6.01. The number of halogens is 1. The second kappa shape index (κ2) is 7.82. The first-order chi connectivity index (χ1) is 11.0.